The van der Waals surface area contributed by atoms with Crippen molar-refractivity contribution < 1.29 is 4.79 Å². The normalized spacial score (nSPS) is 14.9. The van der Waals surface area contributed by atoms with E-state index in [1.165, 1.54) is 22.3 Å². The quantitative estimate of drug-likeness (QED) is 0.693. The van der Waals surface area contributed by atoms with Gasteiger partial charge in [-0.1, -0.05) is 63.2 Å². The van der Waals surface area contributed by atoms with Crippen molar-refractivity contribution in [1.29, 1.82) is 0 Å². The number of benzene rings is 2. The Labute approximate surface area is 127 Å². The third-order valence-electron chi connectivity index (χ3n) is 4.40. The van der Waals surface area contributed by atoms with Crippen LogP contribution in [0.3, 0.4) is 0 Å². The van der Waals surface area contributed by atoms with Crippen molar-refractivity contribution in [3.8, 4) is 0 Å². The Hall–Kier alpha value is -1.89. The van der Waals surface area contributed by atoms with Crippen LogP contribution in [0.2, 0.25) is 0 Å². The molecule has 0 saturated heterocycles. The molecule has 3 rings (SSSR count). The highest BCUT2D eigenvalue weighted by molar-refractivity contribution is 5.99. The lowest BCUT2D eigenvalue weighted by Crippen LogP contribution is -2.16. The second-order valence-corrected chi connectivity index (χ2v) is 6.99. The Bertz CT molecular complexity index is 689. The first-order chi connectivity index (χ1) is 9.95. The van der Waals surface area contributed by atoms with Crippen LogP contribution < -0.4 is 0 Å². The Morgan fingerprint density at radius 3 is 2.33 bits per heavy atom. The molecule has 1 aliphatic carbocycles. The summed E-state index contributed by atoms with van der Waals surface area (Å²) in [6, 6.07) is 14.7. The Morgan fingerprint density at radius 1 is 0.857 bits per heavy atom. The third-order valence-corrected chi connectivity index (χ3v) is 4.40. The Kier molecular flexibility index (Phi) is 3.44. The van der Waals surface area contributed by atoms with Crippen LogP contribution >= 0.6 is 0 Å². The number of aryl methyl sites for hydroxylation is 2. The van der Waals surface area contributed by atoms with Gasteiger partial charge in [0.15, 0.2) is 5.78 Å². The van der Waals surface area contributed by atoms with Crippen LogP contribution in [0, 0.1) is 0 Å². The lowest BCUT2D eigenvalue weighted by atomic mass is 9.82. The van der Waals surface area contributed by atoms with E-state index in [4.69, 9.17) is 0 Å². The van der Waals surface area contributed by atoms with Crippen molar-refractivity contribution >= 4 is 5.78 Å². The number of carbonyl (C=O) groups excluding carboxylic acids is 1. The first-order valence-electron chi connectivity index (χ1n) is 7.68. The van der Waals surface area contributed by atoms with Gasteiger partial charge in [-0.3, -0.25) is 4.79 Å². The van der Waals surface area contributed by atoms with E-state index < -0.39 is 0 Å². The number of carbonyl (C=O) groups is 1. The molecule has 21 heavy (non-hydrogen) atoms. The maximum atomic E-state index is 12.5. The molecular formula is C20H22O. The highest BCUT2D eigenvalue weighted by atomic mass is 16.1. The summed E-state index contributed by atoms with van der Waals surface area (Å²) in [4.78, 5) is 12.5. The van der Waals surface area contributed by atoms with Crippen LogP contribution in [0.5, 0.6) is 0 Å². The third kappa shape index (κ3) is 2.78. The molecule has 2 aromatic rings. The molecule has 1 heteroatoms. The number of rotatable bonds is 0. The van der Waals surface area contributed by atoms with E-state index in [0.29, 0.717) is 6.42 Å². The van der Waals surface area contributed by atoms with Gasteiger partial charge in [0.1, 0.15) is 0 Å². The van der Waals surface area contributed by atoms with Gasteiger partial charge in [-0.15, -0.1) is 0 Å². The molecule has 0 fully saturated rings. The van der Waals surface area contributed by atoms with Gasteiger partial charge in [0, 0.05) is 12.0 Å². The fourth-order valence-corrected chi connectivity index (χ4v) is 3.05. The van der Waals surface area contributed by atoms with E-state index in [2.05, 4.69) is 45.0 Å². The van der Waals surface area contributed by atoms with Gasteiger partial charge in [-0.2, -0.15) is 0 Å². The smallest absolute Gasteiger partial charge is 0.167 e. The van der Waals surface area contributed by atoms with Crippen molar-refractivity contribution in [2.75, 3.05) is 0 Å². The summed E-state index contributed by atoms with van der Waals surface area (Å²) in [5, 5.41) is 0. The van der Waals surface area contributed by atoms with E-state index in [1.807, 2.05) is 18.2 Å². The van der Waals surface area contributed by atoms with E-state index in [1.54, 1.807) is 0 Å². The fourth-order valence-electron chi connectivity index (χ4n) is 3.05. The van der Waals surface area contributed by atoms with Crippen LogP contribution in [0.4, 0.5) is 0 Å². The summed E-state index contributed by atoms with van der Waals surface area (Å²) in [5.41, 5.74) is 6.13. The topological polar surface area (TPSA) is 17.1 Å². The molecule has 108 valence electrons. The van der Waals surface area contributed by atoms with Gasteiger partial charge in [-0.25, -0.2) is 0 Å². The molecule has 0 saturated carbocycles. The lowest BCUT2D eigenvalue weighted by molar-refractivity contribution is 0.0991. The zero-order valence-electron chi connectivity index (χ0n) is 13.1. The average molecular weight is 278 g/mol. The van der Waals surface area contributed by atoms with Crippen LogP contribution in [-0.4, -0.2) is 5.78 Å². The number of hydrogen-bond acceptors (Lipinski definition) is 1. The highest BCUT2D eigenvalue weighted by Crippen LogP contribution is 2.28. The minimum Gasteiger partial charge on any atom is -0.294 e. The van der Waals surface area contributed by atoms with Gasteiger partial charge in [0.25, 0.3) is 0 Å². The van der Waals surface area contributed by atoms with Crippen LogP contribution in [0.15, 0.2) is 42.5 Å². The van der Waals surface area contributed by atoms with Gasteiger partial charge in [0.2, 0.25) is 0 Å². The molecule has 0 unspecified atom stereocenters. The molecule has 0 N–H and O–H groups in total. The minimum absolute atomic E-state index is 0.152. The zero-order valence-corrected chi connectivity index (χ0v) is 13.1. The average Bonchev–Trinajstić information content (AvgIpc) is 2.43. The zero-order chi connectivity index (χ0) is 15.0. The summed E-state index contributed by atoms with van der Waals surface area (Å²) in [6.45, 7) is 6.70. The second-order valence-electron chi connectivity index (χ2n) is 6.99. The van der Waals surface area contributed by atoms with Gasteiger partial charge in [-0.05, 0) is 40.5 Å². The number of ketones is 1. The summed E-state index contributed by atoms with van der Waals surface area (Å²) in [5.74, 6) is 0.245. The highest BCUT2D eigenvalue weighted by Gasteiger charge is 2.20. The molecule has 0 atom stereocenters. The van der Waals surface area contributed by atoms with E-state index in [-0.39, 0.29) is 11.2 Å². The molecule has 1 aliphatic rings. The molecule has 0 spiro atoms. The minimum atomic E-state index is 0.152. The molecule has 0 amide bonds. The summed E-state index contributed by atoms with van der Waals surface area (Å²) < 4.78 is 0. The molecule has 0 heterocycles. The van der Waals surface area contributed by atoms with Crippen molar-refractivity contribution in [2.45, 2.75) is 45.4 Å². The van der Waals surface area contributed by atoms with Crippen LogP contribution in [0.25, 0.3) is 0 Å². The largest absolute Gasteiger partial charge is 0.294 e. The maximum absolute atomic E-state index is 12.5. The molecule has 0 bridgehead atoms. The fraction of sp³-hybridized carbons (Fsp3) is 0.350. The maximum Gasteiger partial charge on any atom is 0.167 e. The molecule has 0 radical (unpaired) electrons. The summed E-state index contributed by atoms with van der Waals surface area (Å²) in [7, 11) is 0. The molecule has 2 aromatic carbocycles. The first-order valence-corrected chi connectivity index (χ1v) is 7.68. The Balaban J connectivity index is 2.02. The molecule has 0 aromatic heterocycles. The number of hydrogen-bond donors (Lipinski definition) is 0. The van der Waals surface area contributed by atoms with Gasteiger partial charge < -0.3 is 0 Å². The molecule has 0 aliphatic heterocycles. The summed E-state index contributed by atoms with van der Waals surface area (Å²) >= 11 is 0. The first kappa shape index (κ1) is 14.1. The lowest BCUT2D eigenvalue weighted by Gasteiger charge is -2.23. The standard InChI is InChI=1S/C20H22O/c1-20(2,3)17-11-10-16-13-19(21)18-7-5-4-6-14(18)8-9-15(16)12-17/h4-7,10-12H,8-9,13H2,1-3H3. The van der Waals surface area contributed by atoms with Crippen LogP contribution in [-0.2, 0) is 24.7 Å². The van der Waals surface area contributed by atoms with E-state index in [0.717, 1.165) is 18.4 Å². The van der Waals surface area contributed by atoms with E-state index >= 15 is 0 Å². The SMILES string of the molecule is CC(C)(C)c1ccc2c(c1)CCc1ccccc1C(=O)C2. The van der Waals surface area contributed by atoms with Crippen molar-refractivity contribution in [1.82, 2.24) is 0 Å². The van der Waals surface area contributed by atoms with Gasteiger partial charge in [0.05, 0.1) is 0 Å². The predicted molar refractivity (Wildman–Crippen MR) is 87.0 cm³/mol. The predicted octanol–water partition coefficient (Wildman–Crippen LogP) is 4.51. The van der Waals surface area contributed by atoms with Crippen molar-refractivity contribution in [3.63, 3.8) is 0 Å². The van der Waals surface area contributed by atoms with Crippen molar-refractivity contribution in [3.05, 3.63) is 70.3 Å². The van der Waals surface area contributed by atoms with Crippen molar-refractivity contribution in [2.24, 2.45) is 0 Å². The van der Waals surface area contributed by atoms with E-state index in [9.17, 15) is 4.79 Å². The van der Waals surface area contributed by atoms with Gasteiger partial charge >= 0.3 is 0 Å². The monoisotopic (exact) mass is 278 g/mol. The molecular weight excluding hydrogens is 256 g/mol. The summed E-state index contributed by atoms with van der Waals surface area (Å²) in [6.07, 6.45) is 2.49. The number of Topliss-reactive ketones (excluding diaryl/α,β-unsaturated/α-hetero) is 1. The molecule has 1 nitrogen and oxygen atoms in total. The Morgan fingerprint density at radius 2 is 1.57 bits per heavy atom. The van der Waals surface area contributed by atoms with Crippen LogP contribution in [0.1, 0.15) is 53.4 Å². The second kappa shape index (κ2) is 5.14. The number of fused-ring (bicyclic) bond motifs is 2.